The highest BCUT2D eigenvalue weighted by molar-refractivity contribution is 5.94. The maximum atomic E-state index is 13.7. The second kappa shape index (κ2) is 10.1. The highest BCUT2D eigenvalue weighted by Gasteiger charge is 2.42. The Bertz CT molecular complexity index is 927. The lowest BCUT2D eigenvalue weighted by Gasteiger charge is -2.42. The van der Waals surface area contributed by atoms with E-state index in [2.05, 4.69) is 10.3 Å². The molecule has 2 amide bonds. The fraction of sp³-hybridized carbons (Fsp3) is 0.615. The second-order valence-corrected chi connectivity index (χ2v) is 9.61. The van der Waals surface area contributed by atoms with Crippen LogP contribution in [0.5, 0.6) is 0 Å². The molecule has 2 fully saturated rings. The predicted molar refractivity (Wildman–Crippen MR) is 126 cm³/mol. The zero-order valence-corrected chi connectivity index (χ0v) is 19.5. The molecule has 32 heavy (non-hydrogen) atoms. The number of hydrogen-bond donors (Lipinski definition) is 2. The number of carbonyl (C=O) groups is 2. The molecule has 2 atom stereocenters. The predicted octanol–water partition coefficient (Wildman–Crippen LogP) is 4.34. The molecule has 1 aromatic heterocycles. The van der Waals surface area contributed by atoms with Gasteiger partial charge in [0, 0.05) is 36.3 Å². The summed E-state index contributed by atoms with van der Waals surface area (Å²) < 4.78 is 5.88. The van der Waals surface area contributed by atoms with Gasteiger partial charge in [0.15, 0.2) is 0 Å². The number of rotatable bonds is 8. The van der Waals surface area contributed by atoms with Gasteiger partial charge >= 0.3 is 0 Å². The highest BCUT2D eigenvalue weighted by Crippen LogP contribution is 2.27. The third-order valence-electron chi connectivity index (χ3n) is 7.44. The van der Waals surface area contributed by atoms with E-state index < -0.39 is 5.54 Å². The summed E-state index contributed by atoms with van der Waals surface area (Å²) in [5.41, 5.74) is 1.09. The number of H-pyrrole nitrogens is 1. The van der Waals surface area contributed by atoms with Gasteiger partial charge in [-0.3, -0.25) is 9.59 Å². The Hall–Kier alpha value is -2.34. The summed E-state index contributed by atoms with van der Waals surface area (Å²) in [4.78, 5) is 32.3. The van der Waals surface area contributed by atoms with E-state index in [4.69, 9.17) is 4.74 Å². The van der Waals surface area contributed by atoms with Gasteiger partial charge in [-0.15, -0.1) is 0 Å². The molecular formula is C26H37N3O3. The maximum absolute atomic E-state index is 13.7. The molecule has 0 bridgehead atoms. The SMILES string of the molecule is CC[C@](C)(C(=O)NC1CCCCC1)N(C[C@@H]1CCCO1)C(=O)Cc1c[nH]c2ccccc12. The van der Waals surface area contributed by atoms with Crippen molar-refractivity contribution in [3.05, 3.63) is 36.0 Å². The Balaban J connectivity index is 1.57. The van der Waals surface area contributed by atoms with Crippen molar-refractivity contribution in [1.82, 2.24) is 15.2 Å². The molecule has 2 heterocycles. The fourth-order valence-corrected chi connectivity index (χ4v) is 5.17. The van der Waals surface area contributed by atoms with E-state index in [0.29, 0.717) is 13.0 Å². The van der Waals surface area contributed by atoms with Crippen LogP contribution in [0, 0.1) is 0 Å². The number of carbonyl (C=O) groups excluding carboxylic acids is 2. The quantitative estimate of drug-likeness (QED) is 0.643. The fourth-order valence-electron chi connectivity index (χ4n) is 5.17. The zero-order valence-electron chi connectivity index (χ0n) is 19.5. The number of nitrogens with zero attached hydrogens (tertiary/aromatic N) is 1. The summed E-state index contributed by atoms with van der Waals surface area (Å²) in [5, 5.41) is 4.34. The average Bonchev–Trinajstić information content (AvgIpc) is 3.48. The number of benzene rings is 1. The molecule has 0 spiro atoms. The van der Waals surface area contributed by atoms with Gasteiger partial charge in [-0.2, -0.15) is 0 Å². The Morgan fingerprint density at radius 2 is 1.94 bits per heavy atom. The van der Waals surface area contributed by atoms with Crippen molar-refractivity contribution in [2.45, 2.75) is 89.3 Å². The minimum Gasteiger partial charge on any atom is -0.376 e. The Morgan fingerprint density at radius 3 is 2.66 bits per heavy atom. The first-order valence-corrected chi connectivity index (χ1v) is 12.3. The van der Waals surface area contributed by atoms with Crippen LogP contribution in [-0.4, -0.2) is 52.5 Å². The van der Waals surface area contributed by atoms with Gasteiger partial charge in [0.25, 0.3) is 0 Å². The Kier molecular flexibility index (Phi) is 7.19. The Labute approximate surface area is 191 Å². The maximum Gasteiger partial charge on any atom is 0.245 e. The first-order valence-electron chi connectivity index (χ1n) is 12.3. The number of hydrogen-bond acceptors (Lipinski definition) is 3. The first kappa shape index (κ1) is 22.8. The van der Waals surface area contributed by atoms with Crippen LogP contribution < -0.4 is 5.32 Å². The Morgan fingerprint density at radius 1 is 1.16 bits per heavy atom. The van der Waals surface area contributed by atoms with Gasteiger partial charge < -0.3 is 19.9 Å². The molecule has 1 saturated carbocycles. The van der Waals surface area contributed by atoms with Crippen molar-refractivity contribution >= 4 is 22.7 Å². The van der Waals surface area contributed by atoms with Crippen LogP contribution in [-0.2, 0) is 20.7 Å². The highest BCUT2D eigenvalue weighted by atomic mass is 16.5. The van der Waals surface area contributed by atoms with Crippen LogP contribution in [0.15, 0.2) is 30.5 Å². The van der Waals surface area contributed by atoms with Crippen molar-refractivity contribution in [3.63, 3.8) is 0 Å². The molecule has 0 radical (unpaired) electrons. The molecule has 174 valence electrons. The largest absolute Gasteiger partial charge is 0.376 e. The van der Waals surface area contributed by atoms with Crippen LogP contribution in [0.1, 0.15) is 70.8 Å². The van der Waals surface area contributed by atoms with Crippen LogP contribution in [0.2, 0.25) is 0 Å². The third-order valence-corrected chi connectivity index (χ3v) is 7.44. The van der Waals surface area contributed by atoms with E-state index in [1.807, 2.05) is 49.2 Å². The topological polar surface area (TPSA) is 74.4 Å². The van der Waals surface area contributed by atoms with E-state index in [1.54, 1.807) is 0 Å². The number of nitrogens with one attached hydrogen (secondary N) is 2. The summed E-state index contributed by atoms with van der Waals surface area (Å²) in [5.74, 6) is -0.0504. The smallest absolute Gasteiger partial charge is 0.245 e. The molecule has 1 aromatic carbocycles. The average molecular weight is 440 g/mol. The van der Waals surface area contributed by atoms with Gasteiger partial charge in [-0.05, 0) is 50.7 Å². The number of para-hydroxylation sites is 1. The lowest BCUT2D eigenvalue weighted by molar-refractivity contribution is -0.149. The third kappa shape index (κ3) is 4.85. The first-order chi connectivity index (χ1) is 15.5. The van der Waals surface area contributed by atoms with Gasteiger partial charge in [0.2, 0.25) is 11.8 Å². The lowest BCUT2D eigenvalue weighted by Crippen LogP contribution is -2.61. The van der Waals surface area contributed by atoms with Crippen LogP contribution in [0.4, 0.5) is 0 Å². The number of fused-ring (bicyclic) bond motifs is 1. The van der Waals surface area contributed by atoms with E-state index in [9.17, 15) is 9.59 Å². The van der Waals surface area contributed by atoms with Crippen molar-refractivity contribution in [3.8, 4) is 0 Å². The van der Waals surface area contributed by atoms with Crippen molar-refractivity contribution in [1.29, 1.82) is 0 Å². The molecule has 1 aliphatic heterocycles. The molecule has 1 saturated heterocycles. The molecule has 2 aliphatic rings. The van der Waals surface area contributed by atoms with Crippen LogP contribution >= 0.6 is 0 Å². The monoisotopic (exact) mass is 439 g/mol. The molecule has 0 unspecified atom stereocenters. The standard InChI is InChI=1S/C26H37N3O3/c1-3-26(2,25(31)28-20-10-5-4-6-11-20)29(18-21-12-9-15-32-21)24(30)16-19-17-27-23-14-8-7-13-22(19)23/h7-8,13-14,17,20-21,27H,3-6,9-12,15-16,18H2,1-2H3,(H,28,31)/t21-,26+/m0/s1. The summed E-state index contributed by atoms with van der Waals surface area (Å²) in [6.07, 6.45) is 10.3. The zero-order chi connectivity index (χ0) is 22.6. The summed E-state index contributed by atoms with van der Waals surface area (Å²) in [6.45, 7) is 5.12. The number of aromatic nitrogens is 1. The molecule has 6 heteroatoms. The normalized spacial score (nSPS) is 21.4. The number of ether oxygens (including phenoxy) is 1. The van der Waals surface area contributed by atoms with E-state index >= 15 is 0 Å². The van der Waals surface area contributed by atoms with E-state index in [1.165, 1.54) is 6.42 Å². The molecule has 4 rings (SSSR count). The second-order valence-electron chi connectivity index (χ2n) is 9.61. The van der Waals surface area contributed by atoms with E-state index in [-0.39, 0.29) is 30.4 Å². The van der Waals surface area contributed by atoms with Gasteiger partial charge in [0.05, 0.1) is 12.5 Å². The summed E-state index contributed by atoms with van der Waals surface area (Å²) in [7, 11) is 0. The van der Waals surface area contributed by atoms with Crippen LogP contribution in [0.25, 0.3) is 10.9 Å². The van der Waals surface area contributed by atoms with Crippen LogP contribution in [0.3, 0.4) is 0 Å². The molecule has 1 aliphatic carbocycles. The minimum atomic E-state index is -0.896. The number of amides is 2. The molecular weight excluding hydrogens is 402 g/mol. The van der Waals surface area contributed by atoms with Crippen molar-refractivity contribution < 1.29 is 14.3 Å². The van der Waals surface area contributed by atoms with Gasteiger partial charge in [-0.25, -0.2) is 0 Å². The molecule has 2 N–H and O–H groups in total. The number of aromatic amines is 1. The van der Waals surface area contributed by atoms with Crippen molar-refractivity contribution in [2.75, 3.05) is 13.2 Å². The minimum absolute atomic E-state index is 0.00438. The lowest BCUT2D eigenvalue weighted by atomic mass is 9.90. The van der Waals surface area contributed by atoms with Gasteiger partial charge in [0.1, 0.15) is 5.54 Å². The molecule has 2 aromatic rings. The molecule has 6 nitrogen and oxygen atoms in total. The van der Waals surface area contributed by atoms with Gasteiger partial charge in [-0.1, -0.05) is 44.4 Å². The van der Waals surface area contributed by atoms with E-state index in [0.717, 1.165) is 61.6 Å². The summed E-state index contributed by atoms with van der Waals surface area (Å²) >= 11 is 0. The summed E-state index contributed by atoms with van der Waals surface area (Å²) in [6, 6.07) is 8.24. The van der Waals surface area contributed by atoms with Crippen molar-refractivity contribution in [2.24, 2.45) is 0 Å².